The van der Waals surface area contributed by atoms with Gasteiger partial charge in [0.15, 0.2) is 0 Å². The average molecular weight is 314 g/mol. The molecule has 0 aromatic heterocycles. The standard InChI is InChI=1S/C15H16ClNS.ClH/c1-17(2)11-12-3-7-14(8-4-12)18-15-9-5-13(16)6-10-15;/h3-10H,11H2,1-2H3;1H. The molecular weight excluding hydrogens is 297 g/mol. The van der Waals surface area contributed by atoms with Crippen molar-refractivity contribution in [2.75, 3.05) is 14.1 Å². The Labute approximate surface area is 130 Å². The lowest BCUT2D eigenvalue weighted by molar-refractivity contribution is 0.402. The first-order valence-electron chi connectivity index (χ1n) is 5.80. The summed E-state index contributed by atoms with van der Waals surface area (Å²) in [5, 5.41) is 0.778. The Kier molecular flexibility index (Phi) is 6.73. The zero-order chi connectivity index (χ0) is 13.0. The van der Waals surface area contributed by atoms with E-state index in [4.69, 9.17) is 11.6 Å². The minimum absolute atomic E-state index is 0. The van der Waals surface area contributed by atoms with Crippen LogP contribution in [0.2, 0.25) is 5.02 Å². The smallest absolute Gasteiger partial charge is 0.0406 e. The number of hydrogen-bond acceptors (Lipinski definition) is 2. The van der Waals surface area contributed by atoms with Gasteiger partial charge < -0.3 is 4.90 Å². The minimum atomic E-state index is 0. The van der Waals surface area contributed by atoms with Gasteiger partial charge in [-0.25, -0.2) is 0 Å². The van der Waals surface area contributed by atoms with Gasteiger partial charge in [-0.15, -0.1) is 12.4 Å². The molecule has 0 saturated carbocycles. The molecule has 0 aliphatic heterocycles. The first-order valence-corrected chi connectivity index (χ1v) is 7.00. The van der Waals surface area contributed by atoms with Gasteiger partial charge in [-0.1, -0.05) is 35.5 Å². The van der Waals surface area contributed by atoms with Crippen molar-refractivity contribution in [1.29, 1.82) is 0 Å². The summed E-state index contributed by atoms with van der Waals surface area (Å²) in [6, 6.07) is 16.6. The summed E-state index contributed by atoms with van der Waals surface area (Å²) in [6.07, 6.45) is 0. The maximum Gasteiger partial charge on any atom is 0.0406 e. The average Bonchev–Trinajstić information content (AvgIpc) is 2.34. The van der Waals surface area contributed by atoms with Crippen molar-refractivity contribution in [3.05, 3.63) is 59.1 Å². The van der Waals surface area contributed by atoms with Crippen LogP contribution >= 0.6 is 35.8 Å². The van der Waals surface area contributed by atoms with E-state index < -0.39 is 0 Å². The summed E-state index contributed by atoms with van der Waals surface area (Å²) in [6.45, 7) is 0.978. The van der Waals surface area contributed by atoms with Crippen molar-refractivity contribution in [3.8, 4) is 0 Å². The van der Waals surface area contributed by atoms with Crippen LogP contribution in [0.3, 0.4) is 0 Å². The highest BCUT2D eigenvalue weighted by Crippen LogP contribution is 2.28. The zero-order valence-electron chi connectivity index (χ0n) is 11.0. The first-order chi connectivity index (χ1) is 8.63. The van der Waals surface area contributed by atoms with E-state index in [0.717, 1.165) is 11.6 Å². The van der Waals surface area contributed by atoms with Crippen molar-refractivity contribution in [2.45, 2.75) is 16.3 Å². The Hall–Kier alpha value is -0.670. The van der Waals surface area contributed by atoms with Gasteiger partial charge in [0.2, 0.25) is 0 Å². The van der Waals surface area contributed by atoms with Crippen LogP contribution < -0.4 is 0 Å². The summed E-state index contributed by atoms with van der Waals surface area (Å²) in [7, 11) is 4.16. The van der Waals surface area contributed by atoms with Gasteiger partial charge in [0.1, 0.15) is 0 Å². The predicted octanol–water partition coefficient (Wildman–Crippen LogP) is 4.97. The Balaban J connectivity index is 0.00000180. The number of benzene rings is 2. The molecule has 0 aliphatic rings. The molecule has 102 valence electrons. The second kappa shape index (κ2) is 7.81. The second-order valence-electron chi connectivity index (χ2n) is 4.44. The van der Waals surface area contributed by atoms with E-state index in [-0.39, 0.29) is 12.4 Å². The summed E-state index contributed by atoms with van der Waals surface area (Å²) in [5.41, 5.74) is 1.33. The fourth-order valence-corrected chi connectivity index (χ4v) is 2.61. The Bertz CT molecular complexity index is 495. The molecule has 0 amide bonds. The maximum absolute atomic E-state index is 5.87. The van der Waals surface area contributed by atoms with E-state index in [1.807, 2.05) is 24.3 Å². The van der Waals surface area contributed by atoms with E-state index in [0.29, 0.717) is 0 Å². The molecule has 0 radical (unpaired) electrons. The normalized spacial score (nSPS) is 10.3. The van der Waals surface area contributed by atoms with Gasteiger partial charge in [0.25, 0.3) is 0 Å². The van der Waals surface area contributed by atoms with Gasteiger partial charge >= 0.3 is 0 Å². The SMILES string of the molecule is CN(C)Cc1ccc(Sc2ccc(Cl)cc2)cc1.Cl. The highest BCUT2D eigenvalue weighted by Gasteiger charge is 1.99. The van der Waals surface area contributed by atoms with Crippen molar-refractivity contribution >= 4 is 35.8 Å². The molecule has 0 heterocycles. The predicted molar refractivity (Wildman–Crippen MR) is 86.7 cm³/mol. The number of halogens is 2. The van der Waals surface area contributed by atoms with Crippen LogP contribution in [0.25, 0.3) is 0 Å². The van der Waals surface area contributed by atoms with Crippen molar-refractivity contribution in [1.82, 2.24) is 4.90 Å². The van der Waals surface area contributed by atoms with Gasteiger partial charge in [-0.3, -0.25) is 0 Å². The molecule has 4 heteroatoms. The van der Waals surface area contributed by atoms with E-state index in [1.165, 1.54) is 15.4 Å². The summed E-state index contributed by atoms with van der Waals surface area (Å²) in [5.74, 6) is 0. The van der Waals surface area contributed by atoms with Gasteiger partial charge in [0.05, 0.1) is 0 Å². The molecule has 0 atom stereocenters. The molecule has 0 unspecified atom stereocenters. The first kappa shape index (κ1) is 16.4. The van der Waals surface area contributed by atoms with E-state index in [2.05, 4.69) is 43.3 Å². The highest BCUT2D eigenvalue weighted by molar-refractivity contribution is 7.99. The Morgan fingerprint density at radius 3 is 1.84 bits per heavy atom. The Morgan fingerprint density at radius 1 is 0.895 bits per heavy atom. The summed E-state index contributed by atoms with van der Waals surface area (Å²) >= 11 is 7.62. The third-order valence-electron chi connectivity index (χ3n) is 2.47. The maximum atomic E-state index is 5.87. The number of hydrogen-bond donors (Lipinski definition) is 0. The molecule has 2 aromatic carbocycles. The van der Waals surface area contributed by atoms with E-state index in [1.54, 1.807) is 11.8 Å². The van der Waals surface area contributed by atoms with Crippen LogP contribution in [0.15, 0.2) is 58.3 Å². The third kappa shape index (κ3) is 5.45. The molecule has 0 fully saturated rings. The van der Waals surface area contributed by atoms with Crippen LogP contribution in [0.4, 0.5) is 0 Å². The monoisotopic (exact) mass is 313 g/mol. The van der Waals surface area contributed by atoms with Crippen LogP contribution in [-0.2, 0) is 6.54 Å². The highest BCUT2D eigenvalue weighted by atomic mass is 35.5. The second-order valence-corrected chi connectivity index (χ2v) is 6.02. The van der Waals surface area contributed by atoms with Crippen molar-refractivity contribution in [2.24, 2.45) is 0 Å². The Morgan fingerprint density at radius 2 is 1.37 bits per heavy atom. The van der Waals surface area contributed by atoms with E-state index in [9.17, 15) is 0 Å². The molecule has 1 nitrogen and oxygen atoms in total. The molecule has 2 aromatic rings. The molecule has 2 rings (SSSR count). The van der Waals surface area contributed by atoms with Crippen molar-refractivity contribution < 1.29 is 0 Å². The lowest BCUT2D eigenvalue weighted by Gasteiger charge is -2.10. The van der Waals surface area contributed by atoms with Crippen LogP contribution in [0.1, 0.15) is 5.56 Å². The quantitative estimate of drug-likeness (QED) is 0.783. The summed E-state index contributed by atoms with van der Waals surface area (Å²) < 4.78 is 0. The fraction of sp³-hybridized carbons (Fsp3) is 0.200. The fourth-order valence-electron chi connectivity index (χ4n) is 1.67. The molecule has 0 N–H and O–H groups in total. The lowest BCUT2D eigenvalue weighted by Crippen LogP contribution is -2.10. The topological polar surface area (TPSA) is 3.24 Å². The van der Waals surface area contributed by atoms with E-state index >= 15 is 0 Å². The van der Waals surface area contributed by atoms with Crippen molar-refractivity contribution in [3.63, 3.8) is 0 Å². The molecule has 0 spiro atoms. The number of nitrogens with zero attached hydrogens (tertiary/aromatic N) is 1. The van der Waals surface area contributed by atoms with Gasteiger partial charge in [0, 0.05) is 21.4 Å². The number of rotatable bonds is 4. The zero-order valence-corrected chi connectivity index (χ0v) is 13.4. The third-order valence-corrected chi connectivity index (χ3v) is 3.74. The minimum Gasteiger partial charge on any atom is -0.305 e. The summed E-state index contributed by atoms with van der Waals surface area (Å²) in [4.78, 5) is 4.63. The van der Waals surface area contributed by atoms with Gasteiger partial charge in [-0.05, 0) is 56.1 Å². The molecule has 0 aliphatic carbocycles. The molecular formula is C15H17Cl2NS. The van der Waals surface area contributed by atoms with Crippen LogP contribution in [-0.4, -0.2) is 19.0 Å². The molecule has 0 bridgehead atoms. The van der Waals surface area contributed by atoms with Crippen LogP contribution in [0, 0.1) is 0 Å². The lowest BCUT2D eigenvalue weighted by atomic mass is 10.2. The molecule has 19 heavy (non-hydrogen) atoms. The largest absolute Gasteiger partial charge is 0.305 e. The molecule has 0 saturated heterocycles. The van der Waals surface area contributed by atoms with Gasteiger partial charge in [-0.2, -0.15) is 0 Å². The van der Waals surface area contributed by atoms with Crippen LogP contribution in [0.5, 0.6) is 0 Å².